The standard InChI is InChI=1S/C34H32NO5/c1-3-38-34(36)32-30(25-19-21-27(22-20-25)40-26-15-8-5-9-16-26)31-28(33(32)35(2)37)17-10-18-29(31)39-23-11-14-24-12-6-4-7-13-24/h4-10,12-13,15-22,37H,3,11,14,23H2,1-2H3/q+1. The first-order chi connectivity index (χ1) is 19.6. The van der Waals surface area contributed by atoms with Gasteiger partial charge in [-0.3, -0.25) is 5.21 Å². The van der Waals surface area contributed by atoms with Crippen LogP contribution in [-0.2, 0) is 16.0 Å². The smallest absolute Gasteiger partial charge is 0.345 e. The van der Waals surface area contributed by atoms with E-state index in [0.29, 0.717) is 40.5 Å². The molecule has 6 nitrogen and oxygen atoms in total. The Kier molecular flexibility index (Phi) is 8.26. The molecule has 0 fully saturated rings. The second-order valence-electron chi connectivity index (χ2n) is 9.40. The molecule has 4 aromatic rings. The normalized spacial score (nSPS) is 13.6. The Morgan fingerprint density at radius 2 is 1.50 bits per heavy atom. The maximum atomic E-state index is 13.3. The third kappa shape index (κ3) is 5.76. The van der Waals surface area contributed by atoms with Gasteiger partial charge in [0.15, 0.2) is 7.05 Å². The van der Waals surface area contributed by atoms with E-state index in [9.17, 15) is 10.0 Å². The summed E-state index contributed by atoms with van der Waals surface area (Å²) in [6.45, 7) is 2.47. The molecule has 5 rings (SSSR count). The van der Waals surface area contributed by atoms with E-state index in [0.717, 1.165) is 34.5 Å². The van der Waals surface area contributed by atoms with Gasteiger partial charge in [-0.05, 0) is 72.0 Å². The van der Waals surface area contributed by atoms with Crippen molar-refractivity contribution < 1.29 is 29.0 Å². The molecule has 202 valence electrons. The summed E-state index contributed by atoms with van der Waals surface area (Å²) in [5.74, 6) is 1.53. The number of ether oxygens (including phenoxy) is 3. The summed E-state index contributed by atoms with van der Waals surface area (Å²) in [6.07, 6.45) is 1.73. The Bertz CT molecular complexity index is 1540. The summed E-state index contributed by atoms with van der Waals surface area (Å²) in [4.78, 5) is 13.3. The van der Waals surface area contributed by atoms with Crippen molar-refractivity contribution in [1.82, 2.24) is 0 Å². The van der Waals surface area contributed by atoms with Crippen LogP contribution < -0.4 is 9.47 Å². The number of para-hydroxylation sites is 1. The minimum Gasteiger partial charge on any atom is -0.493 e. The first kappa shape index (κ1) is 26.8. The lowest BCUT2D eigenvalue weighted by molar-refractivity contribution is -0.753. The quantitative estimate of drug-likeness (QED) is 0.0807. The van der Waals surface area contributed by atoms with Crippen molar-refractivity contribution in [3.05, 3.63) is 131 Å². The summed E-state index contributed by atoms with van der Waals surface area (Å²) < 4.78 is 18.7. The molecule has 0 saturated heterocycles. The number of benzene rings is 4. The number of aryl methyl sites for hydroxylation is 1. The Hall–Kier alpha value is -4.84. The highest BCUT2D eigenvalue weighted by molar-refractivity contribution is 6.35. The van der Waals surface area contributed by atoms with Gasteiger partial charge in [-0.25, -0.2) is 4.79 Å². The molecule has 0 bridgehead atoms. The number of hydrogen-bond acceptors (Lipinski definition) is 5. The zero-order valence-electron chi connectivity index (χ0n) is 22.7. The van der Waals surface area contributed by atoms with Crippen LogP contribution in [0.3, 0.4) is 0 Å². The Morgan fingerprint density at radius 3 is 2.17 bits per heavy atom. The molecule has 0 atom stereocenters. The number of carbonyl (C=O) groups excluding carboxylic acids is 1. The van der Waals surface area contributed by atoms with E-state index in [-0.39, 0.29) is 6.61 Å². The van der Waals surface area contributed by atoms with E-state index < -0.39 is 5.97 Å². The van der Waals surface area contributed by atoms with Crippen LogP contribution >= 0.6 is 0 Å². The molecule has 1 N–H and O–H groups in total. The Morgan fingerprint density at radius 1 is 0.825 bits per heavy atom. The minimum absolute atomic E-state index is 0.209. The van der Waals surface area contributed by atoms with Gasteiger partial charge in [0.2, 0.25) is 0 Å². The molecule has 0 heterocycles. The average molecular weight is 535 g/mol. The van der Waals surface area contributed by atoms with Crippen molar-refractivity contribution in [1.29, 1.82) is 0 Å². The van der Waals surface area contributed by atoms with Gasteiger partial charge >= 0.3 is 5.97 Å². The van der Waals surface area contributed by atoms with Crippen molar-refractivity contribution in [2.75, 3.05) is 20.3 Å². The van der Waals surface area contributed by atoms with Gasteiger partial charge in [0.25, 0.3) is 5.71 Å². The summed E-state index contributed by atoms with van der Waals surface area (Å²) in [5.41, 5.74) is 4.80. The zero-order valence-corrected chi connectivity index (χ0v) is 22.7. The lowest BCUT2D eigenvalue weighted by Crippen LogP contribution is -2.22. The van der Waals surface area contributed by atoms with Gasteiger partial charge in [0, 0.05) is 11.1 Å². The maximum absolute atomic E-state index is 13.3. The van der Waals surface area contributed by atoms with Crippen molar-refractivity contribution in [3.8, 4) is 17.2 Å². The fourth-order valence-corrected chi connectivity index (χ4v) is 4.93. The van der Waals surface area contributed by atoms with Crippen LogP contribution in [0, 0.1) is 0 Å². The second-order valence-corrected chi connectivity index (χ2v) is 9.40. The molecule has 0 spiro atoms. The first-order valence-electron chi connectivity index (χ1n) is 13.4. The van der Waals surface area contributed by atoms with Crippen LogP contribution in [0.1, 0.15) is 35.6 Å². The van der Waals surface area contributed by atoms with Crippen molar-refractivity contribution >= 4 is 17.3 Å². The van der Waals surface area contributed by atoms with Crippen molar-refractivity contribution in [2.45, 2.75) is 19.8 Å². The average Bonchev–Trinajstić information content (AvgIpc) is 3.33. The molecule has 0 amide bonds. The summed E-state index contributed by atoms with van der Waals surface area (Å²) in [7, 11) is 1.51. The van der Waals surface area contributed by atoms with Gasteiger partial charge in [0.1, 0.15) is 22.8 Å². The van der Waals surface area contributed by atoms with Gasteiger partial charge in [-0.1, -0.05) is 66.7 Å². The molecular weight excluding hydrogens is 502 g/mol. The topological polar surface area (TPSA) is 68.0 Å². The molecule has 40 heavy (non-hydrogen) atoms. The number of carbonyl (C=O) groups is 1. The minimum atomic E-state index is -0.510. The number of esters is 1. The van der Waals surface area contributed by atoms with Crippen LogP contribution in [0.4, 0.5) is 0 Å². The van der Waals surface area contributed by atoms with Crippen molar-refractivity contribution in [3.63, 3.8) is 0 Å². The van der Waals surface area contributed by atoms with E-state index in [1.807, 2.05) is 91.0 Å². The number of nitrogens with zero attached hydrogens (tertiary/aromatic N) is 1. The van der Waals surface area contributed by atoms with Crippen LogP contribution in [-0.4, -0.2) is 41.9 Å². The summed E-state index contributed by atoms with van der Waals surface area (Å²) >= 11 is 0. The lowest BCUT2D eigenvalue weighted by Gasteiger charge is -2.14. The SMILES string of the molecule is CCOC(=O)C1=C(c2ccc(Oc3ccccc3)cc2)c2c(OCCCc3ccccc3)cccc2C1=[N+](C)O. The molecule has 0 radical (unpaired) electrons. The second kappa shape index (κ2) is 12.3. The van der Waals surface area contributed by atoms with E-state index in [1.54, 1.807) is 6.92 Å². The van der Waals surface area contributed by atoms with E-state index in [1.165, 1.54) is 12.6 Å². The highest BCUT2D eigenvalue weighted by atomic mass is 16.5. The molecule has 0 aliphatic heterocycles. The Labute approximate surface area is 234 Å². The predicted molar refractivity (Wildman–Crippen MR) is 154 cm³/mol. The predicted octanol–water partition coefficient (Wildman–Crippen LogP) is 6.69. The van der Waals surface area contributed by atoms with Gasteiger partial charge in [-0.2, -0.15) is 0 Å². The zero-order chi connectivity index (χ0) is 27.9. The molecule has 1 aliphatic rings. The van der Waals surface area contributed by atoms with Gasteiger partial charge < -0.3 is 14.2 Å². The highest BCUT2D eigenvalue weighted by Crippen LogP contribution is 2.44. The molecular formula is C34H32NO5+. The fraction of sp³-hybridized carbons (Fsp3) is 0.176. The molecule has 0 unspecified atom stereocenters. The van der Waals surface area contributed by atoms with Gasteiger partial charge in [-0.15, -0.1) is 0 Å². The summed E-state index contributed by atoms with van der Waals surface area (Å²) in [5, 5.41) is 10.7. The maximum Gasteiger partial charge on any atom is 0.345 e. The van der Waals surface area contributed by atoms with Crippen LogP contribution in [0.25, 0.3) is 5.57 Å². The largest absolute Gasteiger partial charge is 0.493 e. The molecule has 4 aromatic carbocycles. The van der Waals surface area contributed by atoms with Crippen LogP contribution in [0.15, 0.2) is 109 Å². The lowest BCUT2D eigenvalue weighted by atomic mass is 9.96. The third-order valence-electron chi connectivity index (χ3n) is 6.65. The molecule has 1 aliphatic carbocycles. The Balaban J connectivity index is 1.52. The molecule has 6 heteroatoms. The fourth-order valence-electron chi connectivity index (χ4n) is 4.93. The van der Waals surface area contributed by atoms with Crippen molar-refractivity contribution in [2.24, 2.45) is 0 Å². The van der Waals surface area contributed by atoms with E-state index in [2.05, 4.69) is 12.1 Å². The third-order valence-corrected chi connectivity index (χ3v) is 6.65. The van der Waals surface area contributed by atoms with Crippen LogP contribution in [0.2, 0.25) is 0 Å². The number of hydroxylamine groups is 1. The first-order valence-corrected chi connectivity index (χ1v) is 13.4. The van der Waals surface area contributed by atoms with Gasteiger partial charge in [0.05, 0.1) is 18.8 Å². The summed E-state index contributed by atoms with van der Waals surface area (Å²) in [6, 6.07) is 33.0. The molecule has 0 saturated carbocycles. The number of hydrogen-bond donors (Lipinski definition) is 1. The highest BCUT2D eigenvalue weighted by Gasteiger charge is 2.42. The number of fused-ring (bicyclic) bond motifs is 1. The molecule has 0 aromatic heterocycles. The van der Waals surface area contributed by atoms with E-state index >= 15 is 0 Å². The van der Waals surface area contributed by atoms with Crippen LogP contribution in [0.5, 0.6) is 17.2 Å². The number of rotatable bonds is 10. The monoisotopic (exact) mass is 534 g/mol. The van der Waals surface area contributed by atoms with E-state index in [4.69, 9.17) is 14.2 Å².